The van der Waals surface area contributed by atoms with E-state index in [0.29, 0.717) is 11.7 Å². The van der Waals surface area contributed by atoms with Gasteiger partial charge in [0, 0.05) is 12.3 Å². The second-order valence-corrected chi connectivity index (χ2v) is 3.58. The van der Waals surface area contributed by atoms with E-state index in [0.717, 1.165) is 11.3 Å². The molecule has 74 valence electrons. The number of aromatic nitrogens is 1. The van der Waals surface area contributed by atoms with Crippen LogP contribution in [0.25, 0.3) is 0 Å². The van der Waals surface area contributed by atoms with Gasteiger partial charge >= 0.3 is 0 Å². The van der Waals surface area contributed by atoms with Crippen LogP contribution in [0.5, 0.6) is 0 Å². The fraction of sp³-hybridized carbons (Fsp3) is 0.222. The molecule has 1 aromatic heterocycles. The van der Waals surface area contributed by atoms with Gasteiger partial charge in [-0.25, -0.2) is 10.4 Å². The summed E-state index contributed by atoms with van der Waals surface area (Å²) in [5.41, 5.74) is 10.7. The fourth-order valence-corrected chi connectivity index (χ4v) is 1.50. The maximum absolute atomic E-state index is 5.78. The Morgan fingerprint density at radius 1 is 1.71 bits per heavy atom. The zero-order valence-corrected chi connectivity index (χ0v) is 8.33. The van der Waals surface area contributed by atoms with E-state index in [4.69, 9.17) is 17.3 Å². The first-order valence-corrected chi connectivity index (χ1v) is 4.63. The Labute approximate surface area is 87.3 Å². The van der Waals surface area contributed by atoms with Crippen LogP contribution in [0.1, 0.15) is 0 Å². The van der Waals surface area contributed by atoms with Crippen LogP contribution in [-0.2, 0) is 0 Å². The van der Waals surface area contributed by atoms with Crippen LogP contribution < -0.4 is 16.2 Å². The standard InChI is InChI=1S/C9H11ClN4/c1-6-5-14(13-9(6)11)7-2-3-12-8(10)4-7/h2-4,9,13H,1,5,11H2. The van der Waals surface area contributed by atoms with Crippen molar-refractivity contribution in [2.75, 3.05) is 11.6 Å². The van der Waals surface area contributed by atoms with E-state index in [1.165, 1.54) is 0 Å². The van der Waals surface area contributed by atoms with Gasteiger partial charge in [-0.3, -0.25) is 0 Å². The Bertz CT molecular complexity index is 366. The molecule has 0 spiro atoms. The van der Waals surface area contributed by atoms with Crippen molar-refractivity contribution in [1.29, 1.82) is 0 Å². The van der Waals surface area contributed by atoms with Crippen molar-refractivity contribution in [2.45, 2.75) is 6.17 Å². The molecule has 1 aliphatic heterocycles. The molecule has 3 N–H and O–H groups in total. The monoisotopic (exact) mass is 210 g/mol. The average molecular weight is 211 g/mol. The number of nitrogens with one attached hydrogen (secondary N) is 1. The minimum absolute atomic E-state index is 0.179. The van der Waals surface area contributed by atoms with Crippen molar-refractivity contribution in [3.63, 3.8) is 0 Å². The van der Waals surface area contributed by atoms with Crippen LogP contribution in [0.15, 0.2) is 30.5 Å². The lowest BCUT2D eigenvalue weighted by atomic mass is 10.3. The predicted octanol–water partition coefficient (Wildman–Crippen LogP) is 0.901. The molecule has 5 heteroatoms. The van der Waals surface area contributed by atoms with Gasteiger partial charge in [-0.2, -0.15) is 0 Å². The molecule has 1 fully saturated rings. The lowest BCUT2D eigenvalue weighted by Crippen LogP contribution is -2.40. The summed E-state index contributed by atoms with van der Waals surface area (Å²) >= 11 is 5.78. The molecular weight excluding hydrogens is 200 g/mol. The fourth-order valence-electron chi connectivity index (χ4n) is 1.33. The van der Waals surface area contributed by atoms with Crippen molar-refractivity contribution in [3.8, 4) is 0 Å². The van der Waals surface area contributed by atoms with Crippen LogP contribution in [0.2, 0.25) is 5.15 Å². The highest BCUT2D eigenvalue weighted by atomic mass is 35.5. The van der Waals surface area contributed by atoms with Gasteiger partial charge in [-0.15, -0.1) is 0 Å². The highest BCUT2D eigenvalue weighted by Crippen LogP contribution is 2.20. The third kappa shape index (κ3) is 1.72. The van der Waals surface area contributed by atoms with Crippen molar-refractivity contribution in [1.82, 2.24) is 10.4 Å². The molecule has 1 saturated heterocycles. The molecule has 0 amide bonds. The van der Waals surface area contributed by atoms with Gasteiger partial charge in [-0.1, -0.05) is 18.2 Å². The molecule has 1 atom stereocenters. The van der Waals surface area contributed by atoms with Crippen molar-refractivity contribution in [3.05, 3.63) is 35.6 Å². The summed E-state index contributed by atoms with van der Waals surface area (Å²) in [5.74, 6) is 0. The lowest BCUT2D eigenvalue weighted by molar-refractivity contribution is 0.656. The largest absolute Gasteiger partial charge is 0.311 e. The van der Waals surface area contributed by atoms with Gasteiger partial charge in [0.05, 0.1) is 18.4 Å². The molecule has 4 nitrogen and oxygen atoms in total. The molecular formula is C9H11ClN4. The van der Waals surface area contributed by atoms with Crippen LogP contribution in [0.4, 0.5) is 5.69 Å². The maximum atomic E-state index is 5.78. The van der Waals surface area contributed by atoms with Crippen molar-refractivity contribution < 1.29 is 0 Å². The summed E-state index contributed by atoms with van der Waals surface area (Å²) in [4.78, 5) is 3.91. The van der Waals surface area contributed by atoms with E-state index in [-0.39, 0.29) is 6.17 Å². The van der Waals surface area contributed by atoms with Crippen LogP contribution in [-0.4, -0.2) is 17.7 Å². The second kappa shape index (κ2) is 3.57. The topological polar surface area (TPSA) is 54.2 Å². The highest BCUT2D eigenvalue weighted by molar-refractivity contribution is 6.29. The summed E-state index contributed by atoms with van der Waals surface area (Å²) in [7, 11) is 0. The number of anilines is 1. The molecule has 0 saturated carbocycles. The molecule has 14 heavy (non-hydrogen) atoms. The van der Waals surface area contributed by atoms with E-state index < -0.39 is 0 Å². The Kier molecular flexibility index (Phi) is 2.41. The summed E-state index contributed by atoms with van der Waals surface area (Å²) in [5, 5.41) is 2.37. The van der Waals surface area contributed by atoms with Gasteiger partial charge in [0.15, 0.2) is 0 Å². The van der Waals surface area contributed by atoms with Gasteiger partial charge in [0.2, 0.25) is 0 Å². The van der Waals surface area contributed by atoms with E-state index in [1.54, 1.807) is 12.3 Å². The normalized spacial score (nSPS) is 21.7. The van der Waals surface area contributed by atoms with E-state index in [1.807, 2.05) is 11.1 Å². The summed E-state index contributed by atoms with van der Waals surface area (Å²) in [6.45, 7) is 4.55. The molecule has 1 aromatic rings. The summed E-state index contributed by atoms with van der Waals surface area (Å²) in [6, 6.07) is 3.64. The molecule has 2 rings (SSSR count). The van der Waals surface area contributed by atoms with E-state index in [9.17, 15) is 0 Å². The van der Waals surface area contributed by atoms with Crippen molar-refractivity contribution >= 4 is 17.3 Å². The number of rotatable bonds is 1. The number of hydrogen-bond donors (Lipinski definition) is 2. The van der Waals surface area contributed by atoms with Crippen molar-refractivity contribution in [2.24, 2.45) is 5.73 Å². The highest BCUT2D eigenvalue weighted by Gasteiger charge is 2.22. The Balaban J connectivity index is 2.21. The molecule has 1 unspecified atom stereocenters. The minimum Gasteiger partial charge on any atom is -0.311 e. The van der Waals surface area contributed by atoms with Crippen LogP contribution in [0.3, 0.4) is 0 Å². The second-order valence-electron chi connectivity index (χ2n) is 3.19. The number of nitrogens with two attached hydrogens (primary N) is 1. The number of nitrogens with zero attached hydrogens (tertiary/aromatic N) is 2. The molecule has 2 heterocycles. The quantitative estimate of drug-likeness (QED) is 0.534. The lowest BCUT2D eigenvalue weighted by Gasteiger charge is -2.17. The molecule has 0 bridgehead atoms. The molecule has 0 radical (unpaired) electrons. The predicted molar refractivity (Wildman–Crippen MR) is 56.8 cm³/mol. The first kappa shape index (κ1) is 9.45. The minimum atomic E-state index is -0.179. The smallest absolute Gasteiger partial charge is 0.131 e. The third-order valence-corrected chi connectivity index (χ3v) is 2.32. The van der Waals surface area contributed by atoms with E-state index >= 15 is 0 Å². The first-order valence-electron chi connectivity index (χ1n) is 4.25. The van der Waals surface area contributed by atoms with E-state index in [2.05, 4.69) is 17.0 Å². The zero-order valence-electron chi connectivity index (χ0n) is 7.57. The Morgan fingerprint density at radius 3 is 3.07 bits per heavy atom. The number of halogens is 1. The number of hydrogen-bond acceptors (Lipinski definition) is 4. The maximum Gasteiger partial charge on any atom is 0.131 e. The van der Waals surface area contributed by atoms with Crippen LogP contribution >= 0.6 is 11.6 Å². The average Bonchev–Trinajstić information content (AvgIpc) is 2.47. The zero-order chi connectivity index (χ0) is 10.1. The molecule has 0 aromatic carbocycles. The number of hydrazine groups is 1. The van der Waals surface area contributed by atoms with Gasteiger partial charge in [0.25, 0.3) is 0 Å². The van der Waals surface area contributed by atoms with Crippen LogP contribution in [0, 0.1) is 0 Å². The SMILES string of the molecule is C=C1CN(c2ccnc(Cl)c2)NC1N. The number of pyridine rings is 1. The summed E-state index contributed by atoms with van der Waals surface area (Å²) in [6.07, 6.45) is 1.48. The Hall–Kier alpha value is -1.10. The summed E-state index contributed by atoms with van der Waals surface area (Å²) < 4.78 is 0. The first-order chi connectivity index (χ1) is 6.66. The van der Waals surface area contributed by atoms with Gasteiger partial charge in [0.1, 0.15) is 5.15 Å². The van der Waals surface area contributed by atoms with Gasteiger partial charge in [-0.05, 0) is 11.6 Å². The molecule has 1 aliphatic rings. The Morgan fingerprint density at radius 2 is 2.50 bits per heavy atom. The van der Waals surface area contributed by atoms with Gasteiger partial charge < -0.3 is 10.7 Å². The third-order valence-electron chi connectivity index (χ3n) is 2.12. The molecule has 0 aliphatic carbocycles.